The van der Waals surface area contributed by atoms with Crippen molar-refractivity contribution in [3.63, 3.8) is 0 Å². The Bertz CT molecular complexity index is 1700. The summed E-state index contributed by atoms with van der Waals surface area (Å²) in [7, 11) is 0. The first-order valence-corrected chi connectivity index (χ1v) is 13.5. The van der Waals surface area contributed by atoms with Gasteiger partial charge in [-0.1, -0.05) is 36.4 Å². The first-order chi connectivity index (χ1) is 19.5. The number of aromatic nitrogens is 3. The molecule has 2 aliphatic heterocycles. The van der Waals surface area contributed by atoms with Gasteiger partial charge in [0.2, 0.25) is 0 Å². The van der Waals surface area contributed by atoms with Crippen LogP contribution in [0, 0.1) is 0 Å². The number of H-pyrrole nitrogens is 1. The van der Waals surface area contributed by atoms with Crippen LogP contribution >= 0.6 is 0 Å². The monoisotopic (exact) mass is 533 g/mol. The number of nitrogens with zero attached hydrogens (tertiary/aromatic N) is 4. The van der Waals surface area contributed by atoms with Gasteiger partial charge < -0.3 is 25.1 Å². The molecule has 40 heavy (non-hydrogen) atoms. The number of imidazole rings is 1. The summed E-state index contributed by atoms with van der Waals surface area (Å²) in [6.07, 6.45) is 6.28. The fourth-order valence-electron chi connectivity index (χ4n) is 4.98. The molecule has 0 unspecified atom stereocenters. The van der Waals surface area contributed by atoms with Crippen molar-refractivity contribution in [2.24, 2.45) is 9.98 Å². The minimum absolute atomic E-state index is 0.833. The van der Waals surface area contributed by atoms with Gasteiger partial charge >= 0.3 is 0 Å². The molecule has 2 aliphatic rings. The van der Waals surface area contributed by atoms with Gasteiger partial charge in [0, 0.05) is 67.7 Å². The van der Waals surface area contributed by atoms with E-state index in [9.17, 15) is 0 Å². The van der Waals surface area contributed by atoms with E-state index in [4.69, 9.17) is 14.9 Å². The number of carbonyl (C=O) groups is 1. The second-order valence-electron chi connectivity index (χ2n) is 9.91. The van der Waals surface area contributed by atoms with Crippen molar-refractivity contribution in [2.45, 2.75) is 19.8 Å². The predicted molar refractivity (Wildman–Crippen MR) is 159 cm³/mol. The van der Waals surface area contributed by atoms with E-state index in [0.29, 0.717) is 0 Å². The molecular formula is C31H31N7O2. The minimum Gasteiger partial charge on any atom is -0.481 e. The topological polar surface area (TPSA) is 119 Å². The zero-order valence-corrected chi connectivity index (χ0v) is 22.3. The van der Waals surface area contributed by atoms with Crippen LogP contribution in [0.25, 0.3) is 38.9 Å². The number of aliphatic imine (C=N–C) groups is 2. The van der Waals surface area contributed by atoms with Crippen molar-refractivity contribution in [2.75, 3.05) is 26.2 Å². The number of rotatable bonds is 4. The van der Waals surface area contributed by atoms with Gasteiger partial charge in [-0.05, 0) is 53.8 Å². The molecule has 0 saturated carbocycles. The molecule has 0 saturated heterocycles. The number of pyridine rings is 1. The van der Waals surface area contributed by atoms with Gasteiger partial charge in [-0.2, -0.15) is 0 Å². The van der Waals surface area contributed by atoms with Gasteiger partial charge in [-0.25, -0.2) is 4.98 Å². The molecular weight excluding hydrogens is 502 g/mol. The molecule has 202 valence electrons. The van der Waals surface area contributed by atoms with Crippen molar-refractivity contribution in [3.05, 3.63) is 84.3 Å². The summed E-state index contributed by atoms with van der Waals surface area (Å²) in [4.78, 5) is 26.6. The van der Waals surface area contributed by atoms with Crippen LogP contribution in [0.2, 0.25) is 0 Å². The lowest BCUT2D eigenvalue weighted by Crippen LogP contribution is -2.30. The third kappa shape index (κ3) is 5.44. The van der Waals surface area contributed by atoms with E-state index in [2.05, 4.69) is 96.9 Å². The van der Waals surface area contributed by atoms with Gasteiger partial charge in [-0.3, -0.25) is 14.8 Å². The standard InChI is InChI=1S/C29H27N7.C2H4O2/c1-10-30-28(31-11-1)23-8-7-22-15-24(34-25(22)16-23)20-5-3-19(4-6-20)21-9-14-36-18-26(35-27(36)17-21)29-32-12-2-13-33-29;1-2(3)4/h3-9,14-18,34H,1-2,10-13H2,(H,30,31)(H,32,33);1H3,(H,3,4). The summed E-state index contributed by atoms with van der Waals surface area (Å²) in [5.41, 5.74) is 8.66. The smallest absolute Gasteiger partial charge is 0.300 e. The van der Waals surface area contributed by atoms with E-state index in [0.717, 1.165) is 96.9 Å². The Morgan fingerprint density at radius 2 is 1.50 bits per heavy atom. The van der Waals surface area contributed by atoms with Crippen LogP contribution < -0.4 is 10.6 Å². The molecule has 9 nitrogen and oxygen atoms in total. The van der Waals surface area contributed by atoms with Crippen LogP contribution in [0.5, 0.6) is 0 Å². The summed E-state index contributed by atoms with van der Waals surface area (Å²) in [6, 6.07) is 21.7. The number of aromatic amines is 1. The molecule has 3 aromatic heterocycles. The first-order valence-electron chi connectivity index (χ1n) is 13.5. The highest BCUT2D eigenvalue weighted by molar-refractivity contribution is 6.02. The number of aliphatic carboxylic acids is 1. The number of carboxylic acids is 1. The number of carboxylic acid groups (broad SMARTS) is 1. The molecule has 0 fully saturated rings. The second kappa shape index (κ2) is 11.1. The SMILES string of the molecule is CC(=O)O.c1cc2cc(-c3ccc(-c4ccn5cc(C6=NCCCN6)nc5c4)cc3)[nH]c2cc1C1=NCCCN1. The zero-order valence-electron chi connectivity index (χ0n) is 22.3. The Labute approximate surface area is 231 Å². The van der Waals surface area contributed by atoms with Crippen LogP contribution in [0.1, 0.15) is 31.0 Å². The third-order valence-electron chi connectivity index (χ3n) is 6.92. The Kier molecular flexibility index (Phi) is 7.01. The van der Waals surface area contributed by atoms with Crippen molar-refractivity contribution in [1.29, 1.82) is 0 Å². The Balaban J connectivity index is 0.000000680. The van der Waals surface area contributed by atoms with Crippen LogP contribution in [0.4, 0.5) is 0 Å². The molecule has 0 atom stereocenters. The van der Waals surface area contributed by atoms with Gasteiger partial charge in [0.15, 0.2) is 0 Å². The maximum Gasteiger partial charge on any atom is 0.300 e. The average molecular weight is 534 g/mol. The number of fused-ring (bicyclic) bond motifs is 2. The van der Waals surface area contributed by atoms with E-state index in [-0.39, 0.29) is 0 Å². The van der Waals surface area contributed by atoms with Crippen LogP contribution in [0.15, 0.2) is 83.0 Å². The lowest BCUT2D eigenvalue weighted by Gasteiger charge is -2.14. The van der Waals surface area contributed by atoms with Crippen LogP contribution in [-0.2, 0) is 4.79 Å². The quantitative estimate of drug-likeness (QED) is 0.267. The van der Waals surface area contributed by atoms with Crippen LogP contribution in [-0.4, -0.2) is 63.3 Å². The van der Waals surface area contributed by atoms with E-state index < -0.39 is 5.97 Å². The average Bonchev–Trinajstić information content (AvgIpc) is 3.62. The number of nitrogens with one attached hydrogen (secondary N) is 3. The maximum atomic E-state index is 9.00. The predicted octanol–water partition coefficient (Wildman–Crippen LogP) is 4.72. The van der Waals surface area contributed by atoms with Crippen LogP contribution in [0.3, 0.4) is 0 Å². The van der Waals surface area contributed by atoms with E-state index in [1.54, 1.807) is 0 Å². The summed E-state index contributed by atoms with van der Waals surface area (Å²) in [5, 5.41) is 15.4. The van der Waals surface area contributed by atoms with Gasteiger partial charge in [0.1, 0.15) is 23.0 Å². The highest BCUT2D eigenvalue weighted by Gasteiger charge is 2.13. The van der Waals surface area contributed by atoms with E-state index in [1.807, 2.05) is 6.20 Å². The Morgan fingerprint density at radius 3 is 2.20 bits per heavy atom. The van der Waals surface area contributed by atoms with Crippen molar-refractivity contribution >= 4 is 34.2 Å². The molecule has 5 aromatic rings. The lowest BCUT2D eigenvalue weighted by atomic mass is 10.0. The molecule has 5 heterocycles. The molecule has 4 N–H and O–H groups in total. The molecule has 0 bridgehead atoms. The summed E-state index contributed by atoms with van der Waals surface area (Å²) in [6.45, 7) is 4.77. The molecule has 0 amide bonds. The minimum atomic E-state index is -0.833. The highest BCUT2D eigenvalue weighted by Crippen LogP contribution is 2.28. The maximum absolute atomic E-state index is 9.00. The lowest BCUT2D eigenvalue weighted by molar-refractivity contribution is -0.134. The van der Waals surface area contributed by atoms with Crippen molar-refractivity contribution in [3.8, 4) is 22.4 Å². The molecule has 9 heteroatoms. The molecule has 7 rings (SSSR count). The fraction of sp³-hybridized carbons (Fsp3) is 0.226. The Hall–Kier alpha value is -4.92. The summed E-state index contributed by atoms with van der Waals surface area (Å²) < 4.78 is 2.05. The third-order valence-corrected chi connectivity index (χ3v) is 6.92. The molecule has 0 radical (unpaired) electrons. The first kappa shape index (κ1) is 25.4. The summed E-state index contributed by atoms with van der Waals surface area (Å²) in [5.74, 6) is 1.05. The largest absolute Gasteiger partial charge is 0.481 e. The van der Waals surface area contributed by atoms with E-state index >= 15 is 0 Å². The summed E-state index contributed by atoms with van der Waals surface area (Å²) >= 11 is 0. The molecule has 2 aromatic carbocycles. The second-order valence-corrected chi connectivity index (χ2v) is 9.91. The number of hydrogen-bond acceptors (Lipinski definition) is 6. The van der Waals surface area contributed by atoms with E-state index in [1.165, 1.54) is 10.9 Å². The number of hydrogen-bond donors (Lipinski definition) is 4. The van der Waals surface area contributed by atoms with Gasteiger partial charge in [0.05, 0.1) is 0 Å². The fourth-order valence-corrected chi connectivity index (χ4v) is 4.98. The van der Waals surface area contributed by atoms with Crippen molar-refractivity contribution in [1.82, 2.24) is 25.0 Å². The Morgan fingerprint density at radius 1 is 0.825 bits per heavy atom. The molecule has 0 aliphatic carbocycles. The van der Waals surface area contributed by atoms with Gasteiger partial charge in [0.25, 0.3) is 5.97 Å². The number of amidine groups is 2. The normalized spacial score (nSPS) is 14.9. The zero-order chi connectivity index (χ0) is 27.5. The highest BCUT2D eigenvalue weighted by atomic mass is 16.4. The van der Waals surface area contributed by atoms with Gasteiger partial charge in [-0.15, -0.1) is 0 Å². The van der Waals surface area contributed by atoms with Crippen molar-refractivity contribution < 1.29 is 9.90 Å². The molecule has 0 spiro atoms. The number of benzene rings is 2.